The van der Waals surface area contributed by atoms with E-state index in [0.29, 0.717) is 12.4 Å². The van der Waals surface area contributed by atoms with Crippen molar-refractivity contribution in [1.29, 1.82) is 0 Å². The molecule has 0 spiro atoms. The smallest absolute Gasteiger partial charge is 0.243 e. The van der Waals surface area contributed by atoms with Crippen LogP contribution in [0.2, 0.25) is 0 Å². The summed E-state index contributed by atoms with van der Waals surface area (Å²) in [5.74, 6) is 0.514. The summed E-state index contributed by atoms with van der Waals surface area (Å²) in [6, 6.07) is 2.93. The zero-order chi connectivity index (χ0) is 14.7. The average Bonchev–Trinajstić information content (AvgIpc) is 2.27. The first-order chi connectivity index (χ1) is 8.66. The lowest BCUT2D eigenvalue weighted by Gasteiger charge is -2.25. The van der Waals surface area contributed by atoms with Crippen LogP contribution in [0, 0.1) is 0 Å². The Morgan fingerprint density at radius 1 is 1.47 bits per heavy atom. The van der Waals surface area contributed by atoms with E-state index in [9.17, 15) is 13.5 Å². The van der Waals surface area contributed by atoms with E-state index < -0.39 is 15.6 Å². The standard InChI is InChI=1S/C12H21N3O3S/c1-5-13-11-8-10(6-7-14-11)19(17,18)15(4)9-12(2,3)16/h6-8,16H,5,9H2,1-4H3,(H,13,14). The van der Waals surface area contributed by atoms with Gasteiger partial charge in [-0.3, -0.25) is 0 Å². The zero-order valence-corrected chi connectivity index (χ0v) is 12.5. The highest BCUT2D eigenvalue weighted by Gasteiger charge is 2.26. The van der Waals surface area contributed by atoms with Gasteiger partial charge in [0, 0.05) is 32.4 Å². The van der Waals surface area contributed by atoms with Crippen molar-refractivity contribution in [1.82, 2.24) is 9.29 Å². The first-order valence-electron chi connectivity index (χ1n) is 6.05. The lowest BCUT2D eigenvalue weighted by atomic mass is 10.1. The molecular weight excluding hydrogens is 266 g/mol. The number of rotatable bonds is 6. The van der Waals surface area contributed by atoms with Crippen LogP contribution in [0.5, 0.6) is 0 Å². The summed E-state index contributed by atoms with van der Waals surface area (Å²) in [5, 5.41) is 12.7. The minimum absolute atomic E-state index is 0.0220. The maximum absolute atomic E-state index is 12.3. The predicted octanol–water partition coefficient (Wildman–Crippen LogP) is 0.905. The molecule has 0 aliphatic carbocycles. The number of nitrogens with one attached hydrogen (secondary N) is 1. The third kappa shape index (κ3) is 4.45. The molecule has 0 saturated carbocycles. The first-order valence-corrected chi connectivity index (χ1v) is 7.49. The fourth-order valence-electron chi connectivity index (χ4n) is 1.66. The number of nitrogens with zero attached hydrogens (tertiary/aromatic N) is 2. The molecule has 0 atom stereocenters. The Morgan fingerprint density at radius 3 is 2.63 bits per heavy atom. The number of pyridine rings is 1. The average molecular weight is 287 g/mol. The third-order valence-corrected chi connectivity index (χ3v) is 4.21. The quantitative estimate of drug-likeness (QED) is 0.812. The highest BCUT2D eigenvalue weighted by atomic mass is 32.2. The van der Waals surface area contributed by atoms with Gasteiger partial charge in [0.05, 0.1) is 10.5 Å². The van der Waals surface area contributed by atoms with Gasteiger partial charge in [0.15, 0.2) is 0 Å². The van der Waals surface area contributed by atoms with Gasteiger partial charge in [-0.05, 0) is 26.8 Å². The number of likely N-dealkylation sites (N-methyl/N-ethyl adjacent to an activating group) is 1. The van der Waals surface area contributed by atoms with Gasteiger partial charge < -0.3 is 10.4 Å². The second-order valence-electron chi connectivity index (χ2n) is 4.98. The van der Waals surface area contributed by atoms with Crippen molar-refractivity contribution in [2.24, 2.45) is 0 Å². The molecule has 7 heteroatoms. The number of hydrogen-bond donors (Lipinski definition) is 2. The normalized spacial score (nSPS) is 12.7. The Morgan fingerprint density at radius 2 is 2.11 bits per heavy atom. The maximum atomic E-state index is 12.3. The maximum Gasteiger partial charge on any atom is 0.243 e. The molecule has 19 heavy (non-hydrogen) atoms. The summed E-state index contributed by atoms with van der Waals surface area (Å²) in [5.41, 5.74) is -1.08. The van der Waals surface area contributed by atoms with E-state index in [4.69, 9.17) is 0 Å². The molecule has 0 aromatic carbocycles. The van der Waals surface area contributed by atoms with Crippen molar-refractivity contribution in [3.63, 3.8) is 0 Å². The van der Waals surface area contributed by atoms with Crippen molar-refractivity contribution in [3.8, 4) is 0 Å². The number of sulfonamides is 1. The second kappa shape index (κ2) is 5.85. The molecule has 0 bridgehead atoms. The van der Waals surface area contributed by atoms with Crippen molar-refractivity contribution in [2.75, 3.05) is 25.5 Å². The van der Waals surface area contributed by atoms with E-state index in [-0.39, 0.29) is 11.4 Å². The van der Waals surface area contributed by atoms with Crippen molar-refractivity contribution < 1.29 is 13.5 Å². The van der Waals surface area contributed by atoms with Crippen LogP contribution in [0.3, 0.4) is 0 Å². The Balaban J connectivity index is 3.03. The van der Waals surface area contributed by atoms with Gasteiger partial charge in [0.25, 0.3) is 0 Å². The second-order valence-corrected chi connectivity index (χ2v) is 7.03. The molecular formula is C12H21N3O3S. The van der Waals surface area contributed by atoms with Crippen LogP contribution in [0.1, 0.15) is 20.8 Å². The number of aliphatic hydroxyl groups is 1. The molecule has 0 amide bonds. The van der Waals surface area contributed by atoms with Crippen LogP contribution in [0.15, 0.2) is 23.2 Å². The monoisotopic (exact) mass is 287 g/mol. The molecule has 1 rings (SSSR count). The summed E-state index contributed by atoms with van der Waals surface area (Å²) in [6.07, 6.45) is 1.45. The SMILES string of the molecule is CCNc1cc(S(=O)(=O)N(C)CC(C)(C)O)ccn1. The van der Waals surface area contributed by atoms with Crippen LogP contribution in [0.25, 0.3) is 0 Å². The fourth-order valence-corrected chi connectivity index (χ4v) is 3.00. The van der Waals surface area contributed by atoms with E-state index in [2.05, 4.69) is 10.3 Å². The topological polar surface area (TPSA) is 82.5 Å². The van der Waals surface area contributed by atoms with Gasteiger partial charge in [0.2, 0.25) is 10.0 Å². The highest BCUT2D eigenvalue weighted by Crippen LogP contribution is 2.18. The van der Waals surface area contributed by atoms with E-state index in [1.165, 1.54) is 25.4 Å². The van der Waals surface area contributed by atoms with E-state index in [1.54, 1.807) is 13.8 Å². The molecule has 0 radical (unpaired) electrons. The molecule has 0 fully saturated rings. The fraction of sp³-hybridized carbons (Fsp3) is 0.583. The lowest BCUT2D eigenvalue weighted by Crippen LogP contribution is -2.39. The van der Waals surface area contributed by atoms with Gasteiger partial charge in [-0.2, -0.15) is 4.31 Å². The summed E-state index contributed by atoms with van der Waals surface area (Å²) >= 11 is 0. The molecule has 0 aliphatic rings. The number of aromatic nitrogens is 1. The molecule has 1 aromatic rings. The van der Waals surface area contributed by atoms with Crippen LogP contribution >= 0.6 is 0 Å². The van der Waals surface area contributed by atoms with Crippen molar-refractivity contribution in [2.45, 2.75) is 31.3 Å². The molecule has 108 valence electrons. The number of anilines is 1. The van der Waals surface area contributed by atoms with Crippen molar-refractivity contribution in [3.05, 3.63) is 18.3 Å². The van der Waals surface area contributed by atoms with E-state index in [1.807, 2.05) is 6.92 Å². The van der Waals surface area contributed by atoms with Crippen LogP contribution < -0.4 is 5.32 Å². The Kier molecular flexibility index (Phi) is 4.89. The Hall–Kier alpha value is -1.18. The van der Waals surface area contributed by atoms with Gasteiger partial charge in [0.1, 0.15) is 5.82 Å². The van der Waals surface area contributed by atoms with Crippen molar-refractivity contribution >= 4 is 15.8 Å². The van der Waals surface area contributed by atoms with Gasteiger partial charge in [-0.25, -0.2) is 13.4 Å². The first kappa shape index (κ1) is 15.9. The number of hydrogen-bond acceptors (Lipinski definition) is 5. The van der Waals surface area contributed by atoms with Gasteiger partial charge in [-0.1, -0.05) is 0 Å². The molecule has 2 N–H and O–H groups in total. The Bertz CT molecular complexity index is 523. The lowest BCUT2D eigenvalue weighted by molar-refractivity contribution is 0.0640. The van der Waals surface area contributed by atoms with E-state index >= 15 is 0 Å². The Labute approximate surface area is 114 Å². The summed E-state index contributed by atoms with van der Waals surface area (Å²) in [4.78, 5) is 4.19. The summed E-state index contributed by atoms with van der Waals surface area (Å²) < 4.78 is 25.8. The summed E-state index contributed by atoms with van der Waals surface area (Å²) in [7, 11) is -2.17. The molecule has 0 aliphatic heterocycles. The zero-order valence-electron chi connectivity index (χ0n) is 11.7. The summed E-state index contributed by atoms with van der Waals surface area (Å²) in [6.45, 7) is 5.72. The van der Waals surface area contributed by atoms with Gasteiger partial charge >= 0.3 is 0 Å². The van der Waals surface area contributed by atoms with E-state index in [0.717, 1.165) is 4.31 Å². The third-order valence-electron chi connectivity index (χ3n) is 2.41. The molecule has 1 aromatic heterocycles. The van der Waals surface area contributed by atoms with Crippen LogP contribution in [-0.4, -0.2) is 48.6 Å². The predicted molar refractivity (Wildman–Crippen MR) is 74.5 cm³/mol. The minimum Gasteiger partial charge on any atom is -0.389 e. The molecule has 0 saturated heterocycles. The van der Waals surface area contributed by atoms with Crippen LogP contribution in [0.4, 0.5) is 5.82 Å². The van der Waals surface area contributed by atoms with Crippen LogP contribution in [-0.2, 0) is 10.0 Å². The van der Waals surface area contributed by atoms with Gasteiger partial charge in [-0.15, -0.1) is 0 Å². The molecule has 6 nitrogen and oxygen atoms in total. The largest absolute Gasteiger partial charge is 0.389 e. The molecule has 1 heterocycles. The minimum atomic E-state index is -3.62. The molecule has 0 unspecified atom stereocenters. The highest BCUT2D eigenvalue weighted by molar-refractivity contribution is 7.89.